The summed E-state index contributed by atoms with van der Waals surface area (Å²) in [5, 5.41) is 4.58. The van der Waals surface area contributed by atoms with E-state index in [-0.39, 0.29) is 11.6 Å². The fourth-order valence-electron chi connectivity index (χ4n) is 1.68. The molecular weight excluding hydrogens is 287 g/mol. The van der Waals surface area contributed by atoms with Crippen LogP contribution in [0.15, 0.2) is 24.3 Å². The maximum absolute atomic E-state index is 12.6. The van der Waals surface area contributed by atoms with E-state index in [0.29, 0.717) is 0 Å². The zero-order valence-electron chi connectivity index (χ0n) is 11.5. The second kappa shape index (κ2) is 6.47. The molecule has 1 unspecified atom stereocenters. The Bertz CT molecular complexity index is 530. The Morgan fingerprint density at radius 1 is 1.24 bits per heavy atom. The molecule has 3 amide bonds. The number of primary amides is 1. The van der Waals surface area contributed by atoms with Crippen LogP contribution in [0, 0.1) is 5.92 Å². The minimum Gasteiger partial charge on any atom is -0.352 e. The summed E-state index contributed by atoms with van der Waals surface area (Å²) in [7, 11) is 0. The average Bonchev–Trinajstić information content (AvgIpc) is 2.34. The van der Waals surface area contributed by atoms with Gasteiger partial charge in [0.1, 0.15) is 6.04 Å². The quantitative estimate of drug-likeness (QED) is 0.797. The van der Waals surface area contributed by atoms with Crippen LogP contribution in [-0.2, 0) is 11.0 Å². The van der Waals surface area contributed by atoms with Crippen molar-refractivity contribution >= 4 is 17.6 Å². The van der Waals surface area contributed by atoms with Crippen molar-refractivity contribution in [3.8, 4) is 0 Å². The van der Waals surface area contributed by atoms with Crippen molar-refractivity contribution in [2.24, 2.45) is 11.7 Å². The molecule has 0 aliphatic rings. The summed E-state index contributed by atoms with van der Waals surface area (Å²) in [5.74, 6) is -0.911. The van der Waals surface area contributed by atoms with Gasteiger partial charge in [-0.3, -0.25) is 4.79 Å². The van der Waals surface area contributed by atoms with Crippen molar-refractivity contribution in [2.45, 2.75) is 26.1 Å². The third-order valence-corrected chi connectivity index (χ3v) is 2.70. The van der Waals surface area contributed by atoms with Crippen LogP contribution in [0.1, 0.15) is 19.4 Å². The lowest BCUT2D eigenvalue weighted by Gasteiger charge is -2.20. The molecule has 0 spiro atoms. The Balaban J connectivity index is 2.89. The number of rotatable bonds is 4. The topological polar surface area (TPSA) is 84.2 Å². The Hall–Kier alpha value is -2.25. The van der Waals surface area contributed by atoms with Crippen LogP contribution in [0.2, 0.25) is 0 Å². The molecule has 21 heavy (non-hydrogen) atoms. The molecule has 0 saturated heterocycles. The summed E-state index contributed by atoms with van der Waals surface area (Å²) in [6.07, 6.45) is -4.50. The molecule has 0 saturated carbocycles. The lowest BCUT2D eigenvalue weighted by molar-refractivity contribution is -0.137. The fourth-order valence-corrected chi connectivity index (χ4v) is 1.68. The van der Waals surface area contributed by atoms with Crippen LogP contribution < -0.4 is 16.4 Å². The third-order valence-electron chi connectivity index (χ3n) is 2.70. The third kappa shape index (κ3) is 4.97. The molecule has 1 aromatic carbocycles. The SMILES string of the molecule is CC(C)C(NC(N)=O)C(=O)Nc1cccc(C(F)(F)F)c1. The average molecular weight is 303 g/mol. The molecule has 0 aromatic heterocycles. The number of halogens is 3. The highest BCUT2D eigenvalue weighted by Crippen LogP contribution is 2.30. The first-order valence-electron chi connectivity index (χ1n) is 6.15. The number of nitrogens with one attached hydrogen (secondary N) is 2. The number of amides is 3. The van der Waals surface area contributed by atoms with Gasteiger partial charge < -0.3 is 16.4 Å². The Morgan fingerprint density at radius 2 is 1.86 bits per heavy atom. The lowest BCUT2D eigenvalue weighted by Crippen LogP contribution is -2.49. The van der Waals surface area contributed by atoms with Crippen molar-refractivity contribution in [3.63, 3.8) is 0 Å². The monoisotopic (exact) mass is 303 g/mol. The molecule has 1 rings (SSSR count). The molecule has 0 heterocycles. The molecule has 4 N–H and O–H groups in total. The zero-order chi connectivity index (χ0) is 16.2. The number of hydrogen-bond donors (Lipinski definition) is 3. The number of nitrogens with two attached hydrogens (primary N) is 1. The van der Waals surface area contributed by atoms with Gasteiger partial charge in [0.15, 0.2) is 0 Å². The van der Waals surface area contributed by atoms with Crippen molar-refractivity contribution in [2.75, 3.05) is 5.32 Å². The second-order valence-corrected chi connectivity index (χ2v) is 4.80. The molecule has 0 aliphatic carbocycles. The van der Waals surface area contributed by atoms with Gasteiger partial charge in [0.25, 0.3) is 0 Å². The maximum atomic E-state index is 12.6. The van der Waals surface area contributed by atoms with Crippen LogP contribution in [-0.4, -0.2) is 18.0 Å². The van der Waals surface area contributed by atoms with Gasteiger partial charge in [0, 0.05) is 5.69 Å². The molecule has 0 aliphatic heterocycles. The smallest absolute Gasteiger partial charge is 0.352 e. The van der Waals surface area contributed by atoms with Gasteiger partial charge in [-0.05, 0) is 24.1 Å². The van der Waals surface area contributed by atoms with Gasteiger partial charge >= 0.3 is 12.2 Å². The number of hydrogen-bond acceptors (Lipinski definition) is 2. The number of urea groups is 1. The highest BCUT2D eigenvalue weighted by molar-refractivity contribution is 5.97. The van der Waals surface area contributed by atoms with Gasteiger partial charge in [-0.2, -0.15) is 13.2 Å². The highest BCUT2D eigenvalue weighted by atomic mass is 19.4. The minimum absolute atomic E-state index is 0.00764. The molecule has 0 fully saturated rings. The second-order valence-electron chi connectivity index (χ2n) is 4.80. The first-order valence-corrected chi connectivity index (χ1v) is 6.15. The normalized spacial score (nSPS) is 12.9. The molecule has 116 valence electrons. The van der Waals surface area contributed by atoms with Crippen molar-refractivity contribution < 1.29 is 22.8 Å². The molecule has 8 heteroatoms. The van der Waals surface area contributed by atoms with E-state index < -0.39 is 29.7 Å². The zero-order valence-corrected chi connectivity index (χ0v) is 11.5. The number of anilines is 1. The predicted molar refractivity (Wildman–Crippen MR) is 71.4 cm³/mol. The van der Waals surface area contributed by atoms with E-state index in [2.05, 4.69) is 10.6 Å². The summed E-state index contributed by atoms with van der Waals surface area (Å²) in [6, 6.07) is 2.42. The fraction of sp³-hybridized carbons (Fsp3) is 0.385. The number of carbonyl (C=O) groups excluding carboxylic acids is 2. The van der Waals surface area contributed by atoms with Crippen LogP contribution >= 0.6 is 0 Å². The number of carbonyl (C=O) groups is 2. The van der Waals surface area contributed by atoms with E-state index in [1.807, 2.05) is 0 Å². The molecule has 1 atom stereocenters. The first-order chi connectivity index (χ1) is 9.61. The number of benzene rings is 1. The predicted octanol–water partition coefficient (Wildman–Crippen LogP) is 2.34. The van der Waals surface area contributed by atoms with Crippen LogP contribution in [0.3, 0.4) is 0 Å². The van der Waals surface area contributed by atoms with E-state index in [4.69, 9.17) is 5.73 Å². The van der Waals surface area contributed by atoms with E-state index in [9.17, 15) is 22.8 Å². The van der Waals surface area contributed by atoms with Crippen LogP contribution in [0.25, 0.3) is 0 Å². The summed E-state index contributed by atoms with van der Waals surface area (Å²) in [6.45, 7) is 3.35. The van der Waals surface area contributed by atoms with E-state index in [0.717, 1.165) is 12.1 Å². The summed E-state index contributed by atoms with van der Waals surface area (Å²) in [4.78, 5) is 22.8. The van der Waals surface area contributed by atoms with Crippen LogP contribution in [0.5, 0.6) is 0 Å². The largest absolute Gasteiger partial charge is 0.416 e. The van der Waals surface area contributed by atoms with Crippen molar-refractivity contribution in [1.82, 2.24) is 5.32 Å². The molecule has 0 radical (unpaired) electrons. The Morgan fingerprint density at radius 3 is 2.33 bits per heavy atom. The van der Waals surface area contributed by atoms with Gasteiger partial charge in [0.05, 0.1) is 5.56 Å². The number of alkyl halides is 3. The highest BCUT2D eigenvalue weighted by Gasteiger charge is 2.31. The van der Waals surface area contributed by atoms with E-state index in [1.165, 1.54) is 12.1 Å². The molecule has 0 bridgehead atoms. The van der Waals surface area contributed by atoms with Gasteiger partial charge in [-0.1, -0.05) is 19.9 Å². The van der Waals surface area contributed by atoms with Crippen molar-refractivity contribution in [3.05, 3.63) is 29.8 Å². The lowest BCUT2D eigenvalue weighted by atomic mass is 10.0. The first kappa shape index (κ1) is 16.8. The van der Waals surface area contributed by atoms with Gasteiger partial charge in [-0.25, -0.2) is 4.79 Å². The van der Waals surface area contributed by atoms with E-state index >= 15 is 0 Å². The van der Waals surface area contributed by atoms with Crippen molar-refractivity contribution in [1.29, 1.82) is 0 Å². The minimum atomic E-state index is -4.50. The summed E-state index contributed by atoms with van der Waals surface area (Å²) in [5.41, 5.74) is 4.09. The Labute approximate surface area is 119 Å². The molecular formula is C13H16F3N3O2. The Kier molecular flexibility index (Phi) is 5.17. The molecule has 5 nitrogen and oxygen atoms in total. The van der Waals surface area contributed by atoms with E-state index in [1.54, 1.807) is 13.8 Å². The van der Waals surface area contributed by atoms with Crippen LogP contribution in [0.4, 0.5) is 23.7 Å². The molecule has 1 aromatic rings. The summed E-state index contributed by atoms with van der Waals surface area (Å²) < 4.78 is 37.7. The van der Waals surface area contributed by atoms with Gasteiger partial charge in [0.2, 0.25) is 5.91 Å². The van der Waals surface area contributed by atoms with Gasteiger partial charge in [-0.15, -0.1) is 0 Å². The maximum Gasteiger partial charge on any atom is 0.416 e. The summed E-state index contributed by atoms with van der Waals surface area (Å²) >= 11 is 0. The standard InChI is InChI=1S/C13H16F3N3O2/c1-7(2)10(19-12(17)21)11(20)18-9-5-3-4-8(6-9)13(14,15)16/h3-7,10H,1-2H3,(H,18,20)(H3,17,19,21).